The number of imidazole rings is 1. The lowest BCUT2D eigenvalue weighted by molar-refractivity contribution is 0.264. The molecule has 19 heavy (non-hydrogen) atoms. The predicted octanol–water partition coefficient (Wildman–Crippen LogP) is 1.09. The minimum atomic E-state index is -0.516. The van der Waals surface area contributed by atoms with E-state index < -0.39 is 6.04 Å². The molecule has 1 atom stereocenters. The lowest BCUT2D eigenvalue weighted by Crippen LogP contribution is -2.15. The summed E-state index contributed by atoms with van der Waals surface area (Å²) in [6, 6.07) is 4.99. The molecule has 0 aliphatic carbocycles. The van der Waals surface area contributed by atoms with Gasteiger partial charge in [0.25, 0.3) is 0 Å². The minimum Gasteiger partial charge on any atom is -0.497 e. The number of hydrogen-bond donors (Lipinski definition) is 3. The van der Waals surface area contributed by atoms with Gasteiger partial charge in [0.15, 0.2) is 0 Å². The monoisotopic (exact) mass is 263 g/mol. The SMILES string of the molecule is COc1ccc(-c2cnc(C(N)CO)[nH]2)c(OC)c1. The highest BCUT2D eigenvalue weighted by Gasteiger charge is 2.13. The van der Waals surface area contributed by atoms with Gasteiger partial charge in [-0.25, -0.2) is 4.98 Å². The number of aromatic amines is 1. The Kier molecular flexibility index (Phi) is 4.03. The van der Waals surface area contributed by atoms with E-state index in [1.54, 1.807) is 26.5 Å². The Morgan fingerprint density at radius 2 is 2.16 bits per heavy atom. The molecule has 1 heterocycles. The van der Waals surface area contributed by atoms with E-state index in [-0.39, 0.29) is 6.61 Å². The number of nitrogens with zero attached hydrogens (tertiary/aromatic N) is 1. The summed E-state index contributed by atoms with van der Waals surface area (Å²) in [7, 11) is 3.19. The first kappa shape index (κ1) is 13.4. The van der Waals surface area contributed by atoms with Crippen molar-refractivity contribution in [2.24, 2.45) is 5.73 Å². The van der Waals surface area contributed by atoms with E-state index in [0.29, 0.717) is 17.3 Å². The average Bonchev–Trinajstić information content (AvgIpc) is 2.95. The van der Waals surface area contributed by atoms with Gasteiger partial charge in [-0.2, -0.15) is 0 Å². The third-order valence-corrected chi connectivity index (χ3v) is 2.84. The summed E-state index contributed by atoms with van der Waals surface area (Å²) in [5.74, 6) is 1.93. The predicted molar refractivity (Wildman–Crippen MR) is 71.1 cm³/mol. The quantitative estimate of drug-likeness (QED) is 0.750. The fraction of sp³-hybridized carbons (Fsp3) is 0.308. The molecule has 0 radical (unpaired) electrons. The Morgan fingerprint density at radius 3 is 2.79 bits per heavy atom. The van der Waals surface area contributed by atoms with E-state index in [1.165, 1.54) is 0 Å². The van der Waals surface area contributed by atoms with Crippen molar-refractivity contribution >= 4 is 0 Å². The third kappa shape index (κ3) is 2.69. The van der Waals surface area contributed by atoms with Crippen LogP contribution in [0.5, 0.6) is 11.5 Å². The minimum absolute atomic E-state index is 0.160. The maximum Gasteiger partial charge on any atom is 0.131 e. The molecule has 0 fully saturated rings. The summed E-state index contributed by atoms with van der Waals surface area (Å²) < 4.78 is 10.5. The van der Waals surface area contributed by atoms with Crippen LogP contribution in [0.25, 0.3) is 11.3 Å². The molecule has 2 rings (SSSR count). The van der Waals surface area contributed by atoms with Crippen LogP contribution in [0, 0.1) is 0 Å². The molecule has 1 aromatic carbocycles. The molecule has 0 aliphatic rings. The molecule has 0 saturated carbocycles. The van der Waals surface area contributed by atoms with E-state index in [9.17, 15) is 0 Å². The number of H-pyrrole nitrogens is 1. The second kappa shape index (κ2) is 5.73. The second-order valence-electron chi connectivity index (χ2n) is 4.04. The lowest BCUT2D eigenvalue weighted by Gasteiger charge is -2.09. The Hall–Kier alpha value is -2.05. The van der Waals surface area contributed by atoms with Crippen molar-refractivity contribution in [1.82, 2.24) is 9.97 Å². The van der Waals surface area contributed by atoms with Gasteiger partial charge in [0.2, 0.25) is 0 Å². The van der Waals surface area contributed by atoms with Crippen LogP contribution in [-0.2, 0) is 0 Å². The second-order valence-corrected chi connectivity index (χ2v) is 4.04. The van der Waals surface area contributed by atoms with Crippen molar-refractivity contribution in [3.8, 4) is 22.8 Å². The van der Waals surface area contributed by atoms with Crippen molar-refractivity contribution in [3.05, 3.63) is 30.2 Å². The van der Waals surface area contributed by atoms with Crippen LogP contribution in [0.2, 0.25) is 0 Å². The molecule has 0 amide bonds. The number of nitrogens with one attached hydrogen (secondary N) is 1. The highest BCUT2D eigenvalue weighted by molar-refractivity contribution is 5.68. The van der Waals surface area contributed by atoms with Gasteiger partial charge in [0.1, 0.15) is 17.3 Å². The van der Waals surface area contributed by atoms with Crippen molar-refractivity contribution in [1.29, 1.82) is 0 Å². The molecule has 4 N–H and O–H groups in total. The molecular formula is C13H17N3O3. The van der Waals surface area contributed by atoms with Crippen molar-refractivity contribution in [3.63, 3.8) is 0 Å². The van der Waals surface area contributed by atoms with Gasteiger partial charge in [0, 0.05) is 11.6 Å². The Labute approximate surface area is 111 Å². The highest BCUT2D eigenvalue weighted by Crippen LogP contribution is 2.32. The third-order valence-electron chi connectivity index (χ3n) is 2.84. The first-order valence-electron chi connectivity index (χ1n) is 5.83. The smallest absolute Gasteiger partial charge is 0.131 e. The van der Waals surface area contributed by atoms with E-state index >= 15 is 0 Å². The summed E-state index contributed by atoms with van der Waals surface area (Å²) in [6.45, 7) is -0.160. The summed E-state index contributed by atoms with van der Waals surface area (Å²) in [5.41, 5.74) is 7.34. The van der Waals surface area contributed by atoms with Crippen molar-refractivity contribution in [2.45, 2.75) is 6.04 Å². The van der Waals surface area contributed by atoms with E-state index in [0.717, 1.165) is 11.3 Å². The Bertz CT molecular complexity index is 554. The number of methoxy groups -OCH3 is 2. The number of benzene rings is 1. The van der Waals surface area contributed by atoms with Gasteiger partial charge in [-0.3, -0.25) is 0 Å². The molecule has 1 aromatic heterocycles. The first-order valence-corrected chi connectivity index (χ1v) is 5.83. The average molecular weight is 263 g/mol. The summed E-state index contributed by atoms with van der Waals surface area (Å²) >= 11 is 0. The molecule has 6 heteroatoms. The van der Waals surface area contributed by atoms with E-state index in [1.807, 2.05) is 12.1 Å². The molecule has 2 aromatic rings. The molecule has 1 unspecified atom stereocenters. The van der Waals surface area contributed by atoms with Crippen LogP contribution in [0.4, 0.5) is 0 Å². The largest absolute Gasteiger partial charge is 0.497 e. The molecule has 0 bridgehead atoms. The summed E-state index contributed by atoms with van der Waals surface area (Å²) in [5, 5.41) is 9.01. The topological polar surface area (TPSA) is 93.4 Å². The van der Waals surface area contributed by atoms with Gasteiger partial charge >= 0.3 is 0 Å². The first-order chi connectivity index (χ1) is 9.19. The lowest BCUT2D eigenvalue weighted by atomic mass is 10.1. The van der Waals surface area contributed by atoms with Crippen LogP contribution >= 0.6 is 0 Å². The number of nitrogens with two attached hydrogens (primary N) is 1. The molecule has 6 nitrogen and oxygen atoms in total. The highest BCUT2D eigenvalue weighted by atomic mass is 16.5. The maximum atomic E-state index is 9.01. The fourth-order valence-electron chi connectivity index (χ4n) is 1.77. The molecule has 0 spiro atoms. The number of aliphatic hydroxyl groups excluding tert-OH is 1. The summed E-state index contributed by atoms with van der Waals surface area (Å²) in [4.78, 5) is 7.23. The Morgan fingerprint density at radius 1 is 1.37 bits per heavy atom. The van der Waals surface area contributed by atoms with Crippen molar-refractivity contribution in [2.75, 3.05) is 20.8 Å². The van der Waals surface area contributed by atoms with Crippen LogP contribution in [0.1, 0.15) is 11.9 Å². The van der Waals surface area contributed by atoms with Crippen LogP contribution in [0.3, 0.4) is 0 Å². The van der Waals surface area contributed by atoms with Crippen LogP contribution in [-0.4, -0.2) is 35.9 Å². The van der Waals surface area contributed by atoms with Crippen LogP contribution in [0.15, 0.2) is 24.4 Å². The number of ether oxygens (including phenoxy) is 2. The zero-order chi connectivity index (χ0) is 13.8. The molecular weight excluding hydrogens is 246 g/mol. The van der Waals surface area contributed by atoms with Gasteiger partial charge in [-0.15, -0.1) is 0 Å². The van der Waals surface area contributed by atoms with Crippen molar-refractivity contribution < 1.29 is 14.6 Å². The number of aromatic nitrogens is 2. The number of hydrogen-bond acceptors (Lipinski definition) is 5. The molecule has 102 valence electrons. The fourth-order valence-corrected chi connectivity index (χ4v) is 1.77. The Balaban J connectivity index is 2.38. The van der Waals surface area contributed by atoms with Gasteiger partial charge < -0.3 is 25.3 Å². The van der Waals surface area contributed by atoms with E-state index in [4.69, 9.17) is 20.3 Å². The van der Waals surface area contributed by atoms with Gasteiger partial charge in [-0.1, -0.05) is 0 Å². The van der Waals surface area contributed by atoms with Crippen LogP contribution < -0.4 is 15.2 Å². The van der Waals surface area contributed by atoms with E-state index in [2.05, 4.69) is 9.97 Å². The zero-order valence-electron chi connectivity index (χ0n) is 10.9. The number of aliphatic hydroxyl groups is 1. The van der Waals surface area contributed by atoms with Gasteiger partial charge in [-0.05, 0) is 12.1 Å². The summed E-state index contributed by atoms with van der Waals surface area (Å²) in [6.07, 6.45) is 1.66. The maximum absolute atomic E-state index is 9.01. The van der Waals surface area contributed by atoms with Gasteiger partial charge in [0.05, 0.1) is 38.8 Å². The molecule has 0 aliphatic heterocycles. The standard InChI is InChI=1S/C13H17N3O3/c1-18-8-3-4-9(12(5-8)19-2)11-6-15-13(16-11)10(14)7-17/h3-6,10,17H,7,14H2,1-2H3,(H,15,16). The molecule has 0 saturated heterocycles. The zero-order valence-corrected chi connectivity index (χ0v) is 10.9. The number of rotatable bonds is 5. The normalized spacial score (nSPS) is 12.2.